The number of nitrogens with two attached hydrogens (primary N) is 1. The van der Waals surface area contributed by atoms with Crippen molar-refractivity contribution < 1.29 is 5.11 Å². The molecule has 0 bridgehead atoms. The van der Waals surface area contributed by atoms with Crippen LogP contribution in [0.2, 0.25) is 0 Å². The van der Waals surface area contributed by atoms with Crippen LogP contribution in [0.5, 0.6) is 0 Å². The maximum absolute atomic E-state index is 10.6. The number of nitrogen functional groups attached to an aromatic ring is 1. The van der Waals surface area contributed by atoms with E-state index in [0.29, 0.717) is 12.3 Å². The average Bonchev–Trinajstić information content (AvgIpc) is 2.96. The first kappa shape index (κ1) is 16.1. The topological polar surface area (TPSA) is 51.2 Å². The van der Waals surface area contributed by atoms with Gasteiger partial charge in [0.2, 0.25) is 0 Å². The van der Waals surface area contributed by atoms with Gasteiger partial charge in [0.15, 0.2) is 0 Å². The Morgan fingerprint density at radius 1 is 0.840 bits per heavy atom. The lowest BCUT2D eigenvalue weighted by molar-refractivity contribution is 0.181. The summed E-state index contributed by atoms with van der Waals surface area (Å²) >= 11 is 1.65. The maximum atomic E-state index is 10.6. The van der Waals surface area contributed by atoms with Gasteiger partial charge in [-0.1, -0.05) is 36.4 Å². The van der Waals surface area contributed by atoms with Gasteiger partial charge in [-0.3, -0.25) is 0 Å². The first-order chi connectivity index (χ1) is 12.2. The lowest BCUT2D eigenvalue weighted by atomic mass is 10.2. The van der Waals surface area contributed by atoms with E-state index in [1.807, 2.05) is 36.4 Å². The molecule has 0 spiro atoms. The zero-order chi connectivity index (χ0) is 17.2. The molecule has 0 aliphatic carbocycles. The molecule has 0 amide bonds. The highest BCUT2D eigenvalue weighted by Gasteiger charge is 2.13. The molecule has 0 aliphatic heterocycles. The van der Waals surface area contributed by atoms with Crippen LogP contribution in [0.25, 0.3) is 21.8 Å². The van der Waals surface area contributed by atoms with Gasteiger partial charge in [-0.15, -0.1) is 11.8 Å². The smallest absolute Gasteiger partial charge is 0.0813 e. The fourth-order valence-corrected chi connectivity index (χ4v) is 4.04. The Hall–Kier alpha value is -2.43. The Bertz CT molecular complexity index is 954. The summed E-state index contributed by atoms with van der Waals surface area (Å²) in [5, 5.41) is 13.1. The fourth-order valence-electron chi connectivity index (χ4n) is 3.22. The third-order valence-electron chi connectivity index (χ3n) is 4.40. The summed E-state index contributed by atoms with van der Waals surface area (Å²) in [6.45, 7) is 0.579. The lowest BCUT2D eigenvalue weighted by Crippen LogP contribution is -2.18. The average molecular weight is 348 g/mol. The monoisotopic (exact) mass is 348 g/mol. The first-order valence-corrected chi connectivity index (χ1v) is 9.33. The van der Waals surface area contributed by atoms with E-state index in [9.17, 15) is 5.11 Å². The van der Waals surface area contributed by atoms with E-state index >= 15 is 0 Å². The molecule has 0 fully saturated rings. The Balaban J connectivity index is 1.58. The molecule has 25 heavy (non-hydrogen) atoms. The summed E-state index contributed by atoms with van der Waals surface area (Å²) in [7, 11) is 0. The van der Waals surface area contributed by atoms with E-state index in [-0.39, 0.29) is 0 Å². The van der Waals surface area contributed by atoms with Crippen LogP contribution in [-0.2, 0) is 6.54 Å². The van der Waals surface area contributed by atoms with Crippen LogP contribution < -0.4 is 5.73 Å². The van der Waals surface area contributed by atoms with E-state index in [4.69, 9.17) is 5.73 Å². The molecule has 0 saturated heterocycles. The van der Waals surface area contributed by atoms with Crippen molar-refractivity contribution >= 4 is 39.3 Å². The third kappa shape index (κ3) is 3.23. The minimum atomic E-state index is -0.429. The van der Waals surface area contributed by atoms with E-state index in [2.05, 4.69) is 41.0 Å². The standard InChI is InChI=1S/C21H20N2OS/c22-15-9-11-17(12-10-15)25-14-16(24)13-23-20-7-3-1-5-18(20)19-6-2-4-8-21(19)23/h1-12,16,24H,13-14,22H2/t16-/m1/s1. The van der Waals surface area contributed by atoms with Gasteiger partial charge in [-0.05, 0) is 36.4 Å². The Morgan fingerprint density at radius 2 is 1.40 bits per heavy atom. The van der Waals surface area contributed by atoms with Crippen molar-refractivity contribution in [2.45, 2.75) is 17.5 Å². The van der Waals surface area contributed by atoms with Gasteiger partial charge in [0.25, 0.3) is 0 Å². The molecule has 3 nitrogen and oxygen atoms in total. The van der Waals surface area contributed by atoms with Crippen LogP contribution in [0, 0.1) is 0 Å². The second kappa shape index (κ2) is 6.82. The number of rotatable bonds is 5. The predicted molar refractivity (Wildman–Crippen MR) is 107 cm³/mol. The molecule has 3 aromatic carbocycles. The van der Waals surface area contributed by atoms with E-state index in [1.165, 1.54) is 21.8 Å². The summed E-state index contributed by atoms with van der Waals surface area (Å²) in [5.74, 6) is 0.644. The molecule has 1 aromatic heterocycles. The normalized spacial score (nSPS) is 12.7. The fraction of sp³-hybridized carbons (Fsp3) is 0.143. The highest BCUT2D eigenvalue weighted by atomic mass is 32.2. The molecule has 0 saturated carbocycles. The lowest BCUT2D eigenvalue weighted by Gasteiger charge is -2.14. The van der Waals surface area contributed by atoms with Crippen molar-refractivity contribution in [3.05, 3.63) is 72.8 Å². The summed E-state index contributed by atoms with van der Waals surface area (Å²) in [4.78, 5) is 1.12. The van der Waals surface area contributed by atoms with Crippen molar-refractivity contribution in [3.8, 4) is 0 Å². The van der Waals surface area contributed by atoms with Gasteiger partial charge in [-0.25, -0.2) is 0 Å². The zero-order valence-corrected chi connectivity index (χ0v) is 14.6. The number of benzene rings is 3. The number of anilines is 1. The highest BCUT2D eigenvalue weighted by molar-refractivity contribution is 7.99. The number of hydrogen-bond acceptors (Lipinski definition) is 3. The largest absolute Gasteiger partial charge is 0.399 e. The number of nitrogens with zero attached hydrogens (tertiary/aromatic N) is 1. The van der Waals surface area contributed by atoms with Crippen molar-refractivity contribution in [1.82, 2.24) is 4.57 Å². The number of para-hydroxylation sites is 2. The second-order valence-electron chi connectivity index (χ2n) is 6.18. The molecular formula is C21H20N2OS. The molecule has 0 radical (unpaired) electrons. The number of aromatic nitrogens is 1. The van der Waals surface area contributed by atoms with Crippen molar-refractivity contribution in [1.29, 1.82) is 0 Å². The van der Waals surface area contributed by atoms with Crippen molar-refractivity contribution in [2.75, 3.05) is 11.5 Å². The maximum Gasteiger partial charge on any atom is 0.0813 e. The molecule has 0 aliphatic rings. The van der Waals surface area contributed by atoms with Crippen LogP contribution in [0.15, 0.2) is 77.7 Å². The molecule has 3 N–H and O–H groups in total. The van der Waals surface area contributed by atoms with Gasteiger partial charge >= 0.3 is 0 Å². The molecule has 0 unspecified atom stereocenters. The summed E-state index contributed by atoms with van der Waals surface area (Å²) in [6, 6.07) is 24.5. The Labute approximate surface area is 151 Å². The summed E-state index contributed by atoms with van der Waals surface area (Å²) in [5.41, 5.74) is 8.81. The third-order valence-corrected chi connectivity index (χ3v) is 5.55. The molecule has 4 rings (SSSR count). The summed E-state index contributed by atoms with van der Waals surface area (Å²) < 4.78 is 2.22. The van der Waals surface area contributed by atoms with Crippen LogP contribution >= 0.6 is 11.8 Å². The number of fused-ring (bicyclic) bond motifs is 3. The Kier molecular flexibility index (Phi) is 4.38. The van der Waals surface area contributed by atoms with Gasteiger partial charge < -0.3 is 15.4 Å². The number of thioether (sulfide) groups is 1. The molecule has 1 atom stereocenters. The molecule has 4 aromatic rings. The quantitative estimate of drug-likeness (QED) is 0.411. The van der Waals surface area contributed by atoms with E-state index in [1.54, 1.807) is 11.8 Å². The highest BCUT2D eigenvalue weighted by Crippen LogP contribution is 2.29. The van der Waals surface area contributed by atoms with Crippen molar-refractivity contribution in [3.63, 3.8) is 0 Å². The minimum Gasteiger partial charge on any atom is -0.399 e. The second-order valence-corrected chi connectivity index (χ2v) is 7.27. The van der Waals surface area contributed by atoms with Gasteiger partial charge in [-0.2, -0.15) is 0 Å². The summed E-state index contributed by atoms with van der Waals surface area (Å²) in [6.07, 6.45) is -0.429. The van der Waals surface area contributed by atoms with Crippen LogP contribution in [0.3, 0.4) is 0 Å². The SMILES string of the molecule is Nc1ccc(SC[C@H](O)Cn2c3ccccc3c3ccccc32)cc1. The molecule has 1 heterocycles. The zero-order valence-electron chi connectivity index (χ0n) is 13.8. The van der Waals surface area contributed by atoms with Crippen LogP contribution in [-0.4, -0.2) is 21.5 Å². The van der Waals surface area contributed by atoms with Crippen molar-refractivity contribution in [2.24, 2.45) is 0 Å². The van der Waals surface area contributed by atoms with Gasteiger partial charge in [0, 0.05) is 44.7 Å². The number of aliphatic hydroxyl groups is 1. The van der Waals surface area contributed by atoms with Gasteiger partial charge in [0.05, 0.1) is 6.10 Å². The number of aliphatic hydroxyl groups excluding tert-OH is 1. The predicted octanol–water partition coefficient (Wildman–Crippen LogP) is 4.53. The molecule has 4 heteroatoms. The number of hydrogen-bond donors (Lipinski definition) is 2. The Morgan fingerprint density at radius 3 is 2.00 bits per heavy atom. The van der Waals surface area contributed by atoms with Crippen LogP contribution in [0.1, 0.15) is 0 Å². The first-order valence-electron chi connectivity index (χ1n) is 8.35. The molecular weight excluding hydrogens is 328 g/mol. The van der Waals surface area contributed by atoms with Gasteiger partial charge in [0.1, 0.15) is 0 Å². The van der Waals surface area contributed by atoms with E-state index in [0.717, 1.165) is 10.6 Å². The van der Waals surface area contributed by atoms with Crippen LogP contribution in [0.4, 0.5) is 5.69 Å². The van der Waals surface area contributed by atoms with E-state index < -0.39 is 6.10 Å². The minimum absolute atomic E-state index is 0.429. The molecule has 126 valence electrons.